The second-order valence-corrected chi connectivity index (χ2v) is 7.86. The third-order valence-electron chi connectivity index (χ3n) is 5.58. The third kappa shape index (κ3) is 3.31. The Labute approximate surface area is 184 Å². The van der Waals surface area contributed by atoms with E-state index < -0.39 is 0 Å². The van der Waals surface area contributed by atoms with Crippen LogP contribution in [0.3, 0.4) is 0 Å². The largest absolute Gasteiger partial charge is 0.497 e. The van der Waals surface area contributed by atoms with Gasteiger partial charge in [-0.3, -0.25) is 0 Å². The molecule has 0 bridgehead atoms. The predicted molar refractivity (Wildman–Crippen MR) is 124 cm³/mol. The number of nitrogens with one attached hydrogen (secondary N) is 1. The van der Waals surface area contributed by atoms with Gasteiger partial charge in [0.1, 0.15) is 11.4 Å². The fraction of sp³-hybridized carbons (Fsp3) is 0.160. The molecule has 0 unspecified atom stereocenters. The summed E-state index contributed by atoms with van der Waals surface area (Å²) < 4.78 is 12.6. The standard InChI is InChI=1S/C25H21ClN2O3/c1-3-31-25(29)22-12-16-6-10-19-20-13-17(26)7-11-21(20)27-23(19)24(16)28(22)14-15-4-8-18(30-2)9-5-15/h4-13,27H,3,14H2,1-2H3. The average molecular weight is 433 g/mol. The number of H-pyrrole nitrogens is 1. The van der Waals surface area contributed by atoms with Gasteiger partial charge in [0.2, 0.25) is 0 Å². The zero-order chi connectivity index (χ0) is 21.5. The number of aromatic nitrogens is 2. The molecule has 0 aliphatic carbocycles. The second kappa shape index (κ2) is 7.67. The first-order valence-corrected chi connectivity index (χ1v) is 10.5. The minimum Gasteiger partial charge on any atom is -0.497 e. The van der Waals surface area contributed by atoms with Gasteiger partial charge in [-0.15, -0.1) is 0 Å². The molecule has 0 aliphatic heterocycles. The van der Waals surface area contributed by atoms with Gasteiger partial charge in [-0.05, 0) is 48.9 Å². The van der Waals surface area contributed by atoms with E-state index in [2.05, 4.69) is 11.1 Å². The van der Waals surface area contributed by atoms with Gasteiger partial charge in [-0.1, -0.05) is 35.9 Å². The number of ether oxygens (including phenoxy) is 2. The summed E-state index contributed by atoms with van der Waals surface area (Å²) in [5, 5.41) is 3.78. The molecular weight excluding hydrogens is 412 g/mol. The number of nitrogens with zero attached hydrogens (tertiary/aromatic N) is 1. The Morgan fingerprint density at radius 2 is 1.84 bits per heavy atom. The Hall–Kier alpha value is -3.44. The van der Waals surface area contributed by atoms with Crippen LogP contribution in [0.4, 0.5) is 0 Å². The molecule has 0 amide bonds. The number of esters is 1. The van der Waals surface area contributed by atoms with Crippen molar-refractivity contribution in [2.24, 2.45) is 0 Å². The summed E-state index contributed by atoms with van der Waals surface area (Å²) in [6.45, 7) is 2.66. The van der Waals surface area contributed by atoms with E-state index in [4.69, 9.17) is 21.1 Å². The molecule has 0 saturated carbocycles. The third-order valence-corrected chi connectivity index (χ3v) is 5.81. The molecule has 6 heteroatoms. The Morgan fingerprint density at radius 3 is 2.58 bits per heavy atom. The summed E-state index contributed by atoms with van der Waals surface area (Å²) in [5.74, 6) is 0.459. The molecule has 156 valence electrons. The fourth-order valence-electron chi connectivity index (χ4n) is 4.15. The van der Waals surface area contributed by atoms with Crippen molar-refractivity contribution in [1.29, 1.82) is 0 Å². The van der Waals surface area contributed by atoms with E-state index >= 15 is 0 Å². The number of hydrogen-bond donors (Lipinski definition) is 1. The van der Waals surface area contributed by atoms with E-state index in [9.17, 15) is 4.79 Å². The molecule has 5 rings (SSSR count). The maximum atomic E-state index is 12.8. The maximum absolute atomic E-state index is 12.8. The van der Waals surface area contributed by atoms with Gasteiger partial charge in [-0.2, -0.15) is 0 Å². The maximum Gasteiger partial charge on any atom is 0.354 e. The van der Waals surface area contributed by atoms with Crippen molar-refractivity contribution in [2.75, 3.05) is 13.7 Å². The van der Waals surface area contributed by atoms with Gasteiger partial charge in [0.25, 0.3) is 0 Å². The minimum absolute atomic E-state index is 0.323. The molecule has 0 spiro atoms. The van der Waals surface area contributed by atoms with Crippen LogP contribution in [0.2, 0.25) is 5.02 Å². The molecule has 31 heavy (non-hydrogen) atoms. The number of methoxy groups -OCH3 is 1. The fourth-order valence-corrected chi connectivity index (χ4v) is 4.32. The van der Waals surface area contributed by atoms with Crippen molar-refractivity contribution in [3.63, 3.8) is 0 Å². The van der Waals surface area contributed by atoms with Gasteiger partial charge in [-0.25, -0.2) is 4.79 Å². The zero-order valence-electron chi connectivity index (χ0n) is 17.2. The van der Waals surface area contributed by atoms with E-state index in [0.717, 1.165) is 44.0 Å². The first kappa shape index (κ1) is 19.5. The molecule has 0 fully saturated rings. The summed E-state index contributed by atoms with van der Waals surface area (Å²) in [4.78, 5) is 16.3. The molecule has 2 aromatic heterocycles. The van der Waals surface area contributed by atoms with Gasteiger partial charge < -0.3 is 19.0 Å². The quantitative estimate of drug-likeness (QED) is 0.338. The zero-order valence-corrected chi connectivity index (χ0v) is 18.0. The highest BCUT2D eigenvalue weighted by Gasteiger charge is 2.20. The van der Waals surface area contributed by atoms with Crippen molar-refractivity contribution in [1.82, 2.24) is 9.55 Å². The Morgan fingerprint density at radius 1 is 1.03 bits per heavy atom. The molecule has 0 atom stereocenters. The highest BCUT2D eigenvalue weighted by atomic mass is 35.5. The average Bonchev–Trinajstić information content (AvgIpc) is 3.32. The number of fused-ring (bicyclic) bond motifs is 5. The molecule has 1 N–H and O–H groups in total. The molecule has 2 heterocycles. The van der Waals surface area contributed by atoms with Crippen molar-refractivity contribution >= 4 is 50.3 Å². The molecule has 3 aromatic carbocycles. The van der Waals surface area contributed by atoms with Crippen LogP contribution in [0.15, 0.2) is 60.7 Å². The Balaban J connectivity index is 1.77. The predicted octanol–water partition coefficient (Wildman–Crippen LogP) is 6.16. The van der Waals surface area contributed by atoms with E-state index in [-0.39, 0.29) is 5.97 Å². The second-order valence-electron chi connectivity index (χ2n) is 7.43. The Bertz CT molecular complexity index is 1430. The van der Waals surface area contributed by atoms with Crippen LogP contribution in [0.5, 0.6) is 5.75 Å². The van der Waals surface area contributed by atoms with Gasteiger partial charge >= 0.3 is 5.97 Å². The molecule has 5 aromatic rings. The van der Waals surface area contributed by atoms with Crippen molar-refractivity contribution < 1.29 is 14.3 Å². The van der Waals surface area contributed by atoms with Crippen LogP contribution in [0, 0.1) is 0 Å². The number of hydrogen-bond acceptors (Lipinski definition) is 3. The van der Waals surface area contributed by atoms with Crippen molar-refractivity contribution in [2.45, 2.75) is 13.5 Å². The molecule has 0 aliphatic rings. The minimum atomic E-state index is -0.334. The summed E-state index contributed by atoms with van der Waals surface area (Å²) in [5.41, 5.74) is 4.51. The molecule has 5 nitrogen and oxygen atoms in total. The van der Waals surface area contributed by atoms with Gasteiger partial charge in [0.15, 0.2) is 0 Å². The topological polar surface area (TPSA) is 56.2 Å². The lowest BCUT2D eigenvalue weighted by atomic mass is 10.1. The van der Waals surface area contributed by atoms with Crippen molar-refractivity contribution in [3.8, 4) is 5.75 Å². The van der Waals surface area contributed by atoms with Crippen LogP contribution in [-0.4, -0.2) is 29.2 Å². The lowest BCUT2D eigenvalue weighted by Crippen LogP contribution is -2.13. The number of benzene rings is 3. The van der Waals surface area contributed by atoms with Crippen LogP contribution < -0.4 is 4.74 Å². The molecular formula is C25H21ClN2O3. The van der Waals surface area contributed by atoms with Gasteiger partial charge in [0.05, 0.1) is 24.8 Å². The SMILES string of the molecule is CCOC(=O)c1cc2ccc3c4cc(Cl)ccc4[nH]c3c2n1Cc1ccc(OC)cc1. The van der Waals surface area contributed by atoms with Crippen LogP contribution >= 0.6 is 11.6 Å². The van der Waals surface area contributed by atoms with E-state index in [1.807, 2.05) is 66.1 Å². The summed E-state index contributed by atoms with van der Waals surface area (Å²) >= 11 is 6.25. The molecule has 0 saturated heterocycles. The van der Waals surface area contributed by atoms with E-state index in [0.29, 0.717) is 23.9 Å². The monoisotopic (exact) mass is 432 g/mol. The summed E-state index contributed by atoms with van der Waals surface area (Å²) in [6, 6.07) is 19.7. The first-order chi connectivity index (χ1) is 15.1. The lowest BCUT2D eigenvalue weighted by molar-refractivity contribution is 0.0515. The number of aromatic amines is 1. The summed E-state index contributed by atoms with van der Waals surface area (Å²) in [7, 11) is 1.65. The highest BCUT2D eigenvalue weighted by Crippen LogP contribution is 2.35. The van der Waals surface area contributed by atoms with E-state index in [1.54, 1.807) is 7.11 Å². The lowest BCUT2D eigenvalue weighted by Gasteiger charge is -2.11. The normalized spacial score (nSPS) is 11.5. The highest BCUT2D eigenvalue weighted by molar-refractivity contribution is 6.32. The smallest absolute Gasteiger partial charge is 0.354 e. The van der Waals surface area contributed by atoms with Crippen molar-refractivity contribution in [3.05, 3.63) is 76.9 Å². The number of rotatable bonds is 5. The first-order valence-electron chi connectivity index (χ1n) is 10.1. The van der Waals surface area contributed by atoms with Crippen LogP contribution in [0.1, 0.15) is 23.0 Å². The molecule has 0 radical (unpaired) electrons. The van der Waals surface area contributed by atoms with Gasteiger partial charge in [0, 0.05) is 33.2 Å². The number of carbonyl (C=O) groups is 1. The number of carbonyl (C=O) groups excluding carboxylic acids is 1. The van der Waals surface area contributed by atoms with Crippen LogP contribution in [-0.2, 0) is 11.3 Å². The number of halogens is 1. The Kier molecular flexibility index (Phi) is 4.83. The van der Waals surface area contributed by atoms with Crippen LogP contribution in [0.25, 0.3) is 32.7 Å². The summed E-state index contributed by atoms with van der Waals surface area (Å²) in [6.07, 6.45) is 0. The van der Waals surface area contributed by atoms with E-state index in [1.165, 1.54) is 0 Å².